The van der Waals surface area contributed by atoms with E-state index in [2.05, 4.69) is 44.6 Å². The summed E-state index contributed by atoms with van der Waals surface area (Å²) in [5.74, 6) is -0.413. The standard InChI is InChI=1S/C31H35N7O4/c1-20-25(16-24(17-32-20)33-27(39)10-13-37-12-4-11-30(37,2)3)34-29(40)28-36-35-26-15-22(9-14-38(26)28)21-5-7-23(8-6-21)31(41)18-42-19-31/h5-9,14-17,41H,4,10-13,18-19H2,1-3H3,(H,33,39)(H,34,40). The van der Waals surface area contributed by atoms with Crippen LogP contribution in [-0.2, 0) is 15.1 Å². The molecule has 0 atom stereocenters. The van der Waals surface area contributed by atoms with Crippen molar-refractivity contribution < 1.29 is 19.4 Å². The van der Waals surface area contributed by atoms with Gasteiger partial charge < -0.3 is 20.5 Å². The topological polar surface area (TPSA) is 134 Å². The van der Waals surface area contributed by atoms with E-state index in [1.807, 2.05) is 36.4 Å². The summed E-state index contributed by atoms with van der Waals surface area (Å²) < 4.78 is 6.77. The number of ether oxygens (including phenoxy) is 1. The molecule has 0 saturated carbocycles. The number of fused-ring (bicyclic) bond motifs is 1. The molecule has 0 spiro atoms. The number of anilines is 2. The molecule has 5 heterocycles. The number of amides is 2. The Morgan fingerprint density at radius 2 is 1.83 bits per heavy atom. The lowest BCUT2D eigenvalue weighted by Crippen LogP contribution is -2.46. The van der Waals surface area contributed by atoms with Gasteiger partial charge in [0.15, 0.2) is 5.65 Å². The zero-order chi connectivity index (χ0) is 29.5. The molecule has 11 heteroatoms. The van der Waals surface area contributed by atoms with Gasteiger partial charge >= 0.3 is 0 Å². The van der Waals surface area contributed by atoms with E-state index in [9.17, 15) is 14.7 Å². The zero-order valence-electron chi connectivity index (χ0n) is 24.1. The number of aryl methyl sites for hydroxylation is 1. The van der Waals surface area contributed by atoms with Gasteiger partial charge in [-0.3, -0.25) is 23.9 Å². The van der Waals surface area contributed by atoms with E-state index in [0.29, 0.717) is 48.9 Å². The van der Waals surface area contributed by atoms with Crippen molar-refractivity contribution in [1.82, 2.24) is 24.5 Å². The van der Waals surface area contributed by atoms with Crippen molar-refractivity contribution in [2.45, 2.75) is 51.2 Å². The van der Waals surface area contributed by atoms with E-state index in [-0.39, 0.29) is 17.3 Å². The molecule has 218 valence electrons. The van der Waals surface area contributed by atoms with E-state index in [1.54, 1.807) is 29.8 Å². The van der Waals surface area contributed by atoms with Gasteiger partial charge in [-0.05, 0) is 75.0 Å². The van der Waals surface area contributed by atoms with Crippen LogP contribution in [0.1, 0.15) is 55.0 Å². The largest absolute Gasteiger partial charge is 0.380 e. The minimum atomic E-state index is -0.915. The maximum atomic E-state index is 13.2. The Balaban J connectivity index is 1.12. The molecule has 3 N–H and O–H groups in total. The molecule has 2 saturated heterocycles. The number of nitrogens with one attached hydrogen (secondary N) is 2. The van der Waals surface area contributed by atoms with Gasteiger partial charge in [-0.15, -0.1) is 10.2 Å². The van der Waals surface area contributed by atoms with Crippen LogP contribution in [0.15, 0.2) is 54.9 Å². The highest BCUT2D eigenvalue weighted by Crippen LogP contribution is 2.31. The van der Waals surface area contributed by atoms with Crippen LogP contribution in [0.4, 0.5) is 11.4 Å². The van der Waals surface area contributed by atoms with Crippen molar-refractivity contribution in [3.63, 3.8) is 0 Å². The fraction of sp³-hybridized carbons (Fsp3) is 0.387. The van der Waals surface area contributed by atoms with Gasteiger partial charge in [-0.2, -0.15) is 0 Å². The van der Waals surface area contributed by atoms with Crippen molar-refractivity contribution in [3.8, 4) is 11.1 Å². The molecule has 2 fully saturated rings. The third-order valence-electron chi connectivity index (χ3n) is 8.35. The highest BCUT2D eigenvalue weighted by molar-refractivity contribution is 6.03. The van der Waals surface area contributed by atoms with Crippen LogP contribution in [0.2, 0.25) is 0 Å². The van der Waals surface area contributed by atoms with Crippen LogP contribution in [0.3, 0.4) is 0 Å². The number of pyridine rings is 2. The first kappa shape index (κ1) is 28.0. The number of benzene rings is 1. The summed E-state index contributed by atoms with van der Waals surface area (Å²) in [7, 11) is 0. The summed E-state index contributed by atoms with van der Waals surface area (Å²) in [5, 5.41) is 24.6. The van der Waals surface area contributed by atoms with E-state index >= 15 is 0 Å². The van der Waals surface area contributed by atoms with Crippen LogP contribution in [0.25, 0.3) is 16.8 Å². The number of hydrogen-bond acceptors (Lipinski definition) is 8. The Labute approximate surface area is 243 Å². The summed E-state index contributed by atoms with van der Waals surface area (Å²) in [4.78, 5) is 32.6. The molecule has 2 amide bonds. The molecule has 2 aliphatic rings. The minimum Gasteiger partial charge on any atom is -0.380 e. The van der Waals surface area contributed by atoms with Gasteiger partial charge in [0.1, 0.15) is 5.60 Å². The summed E-state index contributed by atoms with van der Waals surface area (Å²) >= 11 is 0. The fourth-order valence-corrected chi connectivity index (χ4v) is 5.60. The van der Waals surface area contributed by atoms with Crippen LogP contribution in [0, 0.1) is 6.92 Å². The monoisotopic (exact) mass is 569 g/mol. The summed E-state index contributed by atoms with van der Waals surface area (Å²) in [6.45, 7) is 8.52. The lowest BCUT2D eigenvalue weighted by atomic mass is 9.91. The Morgan fingerprint density at radius 3 is 2.52 bits per heavy atom. The smallest absolute Gasteiger partial charge is 0.294 e. The average molecular weight is 570 g/mol. The molecule has 1 aromatic carbocycles. The maximum Gasteiger partial charge on any atom is 0.294 e. The first-order chi connectivity index (χ1) is 20.1. The Kier molecular flexibility index (Phi) is 7.25. The van der Waals surface area contributed by atoms with Crippen molar-refractivity contribution in [2.75, 3.05) is 36.9 Å². The van der Waals surface area contributed by atoms with Crippen molar-refractivity contribution in [2.24, 2.45) is 0 Å². The lowest BCUT2D eigenvalue weighted by molar-refractivity contribution is -0.184. The lowest BCUT2D eigenvalue weighted by Gasteiger charge is -2.36. The molecule has 3 aromatic heterocycles. The van der Waals surface area contributed by atoms with E-state index < -0.39 is 11.5 Å². The average Bonchev–Trinajstić information content (AvgIpc) is 3.54. The number of aliphatic hydroxyl groups is 1. The number of nitrogens with zero attached hydrogens (tertiary/aromatic N) is 5. The van der Waals surface area contributed by atoms with Crippen LogP contribution in [-0.4, -0.2) is 73.2 Å². The highest BCUT2D eigenvalue weighted by Gasteiger charge is 2.37. The molecule has 4 aromatic rings. The zero-order valence-corrected chi connectivity index (χ0v) is 24.1. The van der Waals surface area contributed by atoms with E-state index in [1.165, 1.54) is 0 Å². The second-order valence-corrected chi connectivity index (χ2v) is 11.8. The predicted molar refractivity (Wildman–Crippen MR) is 158 cm³/mol. The van der Waals surface area contributed by atoms with Crippen LogP contribution < -0.4 is 10.6 Å². The molecule has 6 rings (SSSR count). The Morgan fingerprint density at radius 1 is 1.05 bits per heavy atom. The first-order valence-electron chi connectivity index (χ1n) is 14.2. The molecular weight excluding hydrogens is 534 g/mol. The number of carbonyl (C=O) groups is 2. The van der Waals surface area contributed by atoms with Gasteiger partial charge in [0.05, 0.1) is 36.5 Å². The van der Waals surface area contributed by atoms with Gasteiger partial charge in [-0.1, -0.05) is 24.3 Å². The molecule has 0 unspecified atom stereocenters. The molecular formula is C31H35N7O4. The van der Waals surface area contributed by atoms with Crippen molar-refractivity contribution in [1.29, 1.82) is 0 Å². The Bertz CT molecular complexity index is 1640. The SMILES string of the molecule is Cc1ncc(NC(=O)CCN2CCCC2(C)C)cc1NC(=O)c1nnc2cc(-c3ccc(C4(O)COC4)cc3)ccn12. The molecule has 42 heavy (non-hydrogen) atoms. The summed E-state index contributed by atoms with van der Waals surface area (Å²) in [6.07, 6.45) is 6.01. The van der Waals surface area contributed by atoms with Gasteiger partial charge in [0.25, 0.3) is 5.91 Å². The van der Waals surface area contributed by atoms with Crippen molar-refractivity contribution in [3.05, 3.63) is 71.9 Å². The summed E-state index contributed by atoms with van der Waals surface area (Å²) in [5.41, 5.74) is 4.00. The second kappa shape index (κ2) is 10.9. The number of carbonyl (C=O) groups excluding carboxylic acids is 2. The number of aromatic nitrogens is 4. The quantitative estimate of drug-likeness (QED) is 0.292. The van der Waals surface area contributed by atoms with Gasteiger partial charge in [0.2, 0.25) is 11.7 Å². The van der Waals surface area contributed by atoms with Crippen LogP contribution >= 0.6 is 0 Å². The number of hydrogen-bond donors (Lipinski definition) is 3. The van der Waals surface area contributed by atoms with E-state index in [4.69, 9.17) is 4.74 Å². The molecule has 0 bridgehead atoms. The van der Waals surface area contributed by atoms with Gasteiger partial charge in [-0.25, -0.2) is 0 Å². The molecule has 11 nitrogen and oxygen atoms in total. The number of rotatable bonds is 8. The maximum absolute atomic E-state index is 13.2. The number of likely N-dealkylation sites (tertiary alicyclic amines) is 1. The third kappa shape index (κ3) is 5.50. The normalized spacial score (nSPS) is 17.6. The molecule has 0 aliphatic carbocycles. The Hall–Kier alpha value is -4.19. The van der Waals surface area contributed by atoms with Crippen molar-refractivity contribution >= 4 is 28.8 Å². The second-order valence-electron chi connectivity index (χ2n) is 11.8. The van der Waals surface area contributed by atoms with Gasteiger partial charge in [0, 0.05) is 24.7 Å². The minimum absolute atomic E-state index is 0.0950. The third-order valence-corrected chi connectivity index (χ3v) is 8.35. The predicted octanol–water partition coefficient (Wildman–Crippen LogP) is 3.77. The first-order valence-corrected chi connectivity index (χ1v) is 14.2. The van der Waals surface area contributed by atoms with E-state index in [0.717, 1.165) is 36.1 Å². The van der Waals surface area contributed by atoms with Crippen LogP contribution in [0.5, 0.6) is 0 Å². The molecule has 0 radical (unpaired) electrons. The summed E-state index contributed by atoms with van der Waals surface area (Å²) in [6, 6.07) is 13.1. The molecule has 2 aliphatic heterocycles. The highest BCUT2D eigenvalue weighted by atomic mass is 16.5. The fourth-order valence-electron chi connectivity index (χ4n) is 5.60.